The highest BCUT2D eigenvalue weighted by Crippen LogP contribution is 2.29. The van der Waals surface area contributed by atoms with Gasteiger partial charge in [0.05, 0.1) is 35.2 Å². The number of nitro benzene ring substituents is 2. The van der Waals surface area contributed by atoms with Gasteiger partial charge in [0.15, 0.2) is 0 Å². The number of aryl methyl sites for hydroxylation is 1. The number of nitrogens with zero attached hydrogens (tertiary/aromatic N) is 3. The standard InChI is InChI=1S/C18H18N4O6/c1-12-3-5-13(6-4-12)15(9-10-18(23)28-2)19-20-16-8-7-14(21(24)25)11-17(16)22(26)27/h3-8,11,20H,9-10H2,1-2H3/b19-15+. The number of carbonyl (C=O) groups is 1. The number of nitro groups is 2. The molecule has 0 aromatic heterocycles. The van der Waals surface area contributed by atoms with Gasteiger partial charge in [-0.15, -0.1) is 0 Å². The predicted molar refractivity (Wildman–Crippen MR) is 102 cm³/mol. The van der Waals surface area contributed by atoms with Crippen molar-refractivity contribution in [2.45, 2.75) is 19.8 Å². The van der Waals surface area contributed by atoms with Gasteiger partial charge in [-0.25, -0.2) is 0 Å². The Morgan fingerprint density at radius 1 is 1.07 bits per heavy atom. The molecule has 146 valence electrons. The first-order valence-electron chi connectivity index (χ1n) is 8.21. The Balaban J connectivity index is 2.35. The zero-order valence-electron chi connectivity index (χ0n) is 15.2. The van der Waals surface area contributed by atoms with Crippen LogP contribution >= 0.6 is 0 Å². The molecule has 0 fully saturated rings. The summed E-state index contributed by atoms with van der Waals surface area (Å²) in [5, 5.41) is 26.3. The lowest BCUT2D eigenvalue weighted by Crippen LogP contribution is -2.09. The Morgan fingerprint density at radius 3 is 2.32 bits per heavy atom. The zero-order valence-corrected chi connectivity index (χ0v) is 15.2. The van der Waals surface area contributed by atoms with E-state index < -0.39 is 27.2 Å². The van der Waals surface area contributed by atoms with Crippen molar-refractivity contribution in [3.8, 4) is 0 Å². The number of hydrogen-bond donors (Lipinski definition) is 1. The van der Waals surface area contributed by atoms with Crippen molar-refractivity contribution in [2.24, 2.45) is 5.10 Å². The van der Waals surface area contributed by atoms with Gasteiger partial charge < -0.3 is 4.74 Å². The first-order valence-corrected chi connectivity index (χ1v) is 8.21. The zero-order chi connectivity index (χ0) is 20.7. The maximum Gasteiger partial charge on any atom is 0.305 e. The maximum absolute atomic E-state index is 11.5. The van der Waals surface area contributed by atoms with Crippen molar-refractivity contribution in [3.05, 3.63) is 73.8 Å². The van der Waals surface area contributed by atoms with Crippen LogP contribution in [0.3, 0.4) is 0 Å². The second kappa shape index (κ2) is 9.21. The fourth-order valence-electron chi connectivity index (χ4n) is 2.34. The molecular formula is C18H18N4O6. The van der Waals surface area contributed by atoms with Crippen molar-refractivity contribution in [2.75, 3.05) is 12.5 Å². The molecule has 0 radical (unpaired) electrons. The molecule has 1 N–H and O–H groups in total. The van der Waals surface area contributed by atoms with E-state index in [0.29, 0.717) is 5.71 Å². The van der Waals surface area contributed by atoms with E-state index in [4.69, 9.17) is 0 Å². The lowest BCUT2D eigenvalue weighted by molar-refractivity contribution is -0.393. The van der Waals surface area contributed by atoms with E-state index in [1.165, 1.54) is 13.2 Å². The molecule has 2 aromatic carbocycles. The molecule has 0 bridgehead atoms. The molecule has 2 aromatic rings. The number of rotatable bonds is 8. The topological polar surface area (TPSA) is 137 Å². The number of nitrogens with one attached hydrogen (secondary N) is 1. The quantitative estimate of drug-likeness (QED) is 0.317. The third-order valence-corrected chi connectivity index (χ3v) is 3.88. The first kappa shape index (κ1) is 20.5. The Labute approximate surface area is 160 Å². The Kier molecular flexibility index (Phi) is 6.74. The average Bonchev–Trinajstić information content (AvgIpc) is 2.68. The molecule has 28 heavy (non-hydrogen) atoms. The molecule has 0 saturated heterocycles. The molecule has 0 heterocycles. The number of methoxy groups -OCH3 is 1. The molecule has 0 amide bonds. The summed E-state index contributed by atoms with van der Waals surface area (Å²) in [6.07, 6.45) is 0.316. The van der Waals surface area contributed by atoms with E-state index in [0.717, 1.165) is 23.3 Å². The molecule has 0 spiro atoms. The van der Waals surface area contributed by atoms with Gasteiger partial charge >= 0.3 is 11.7 Å². The van der Waals surface area contributed by atoms with Crippen molar-refractivity contribution >= 4 is 28.7 Å². The van der Waals surface area contributed by atoms with Crippen LogP contribution in [0.5, 0.6) is 0 Å². The summed E-state index contributed by atoms with van der Waals surface area (Å²) >= 11 is 0. The third kappa shape index (κ3) is 5.34. The van der Waals surface area contributed by atoms with E-state index in [-0.39, 0.29) is 18.5 Å². The minimum Gasteiger partial charge on any atom is -0.469 e. The van der Waals surface area contributed by atoms with Gasteiger partial charge in [-0.1, -0.05) is 29.8 Å². The summed E-state index contributed by atoms with van der Waals surface area (Å²) in [7, 11) is 1.28. The summed E-state index contributed by atoms with van der Waals surface area (Å²) in [5.41, 5.74) is 3.96. The van der Waals surface area contributed by atoms with Gasteiger partial charge in [0, 0.05) is 12.5 Å². The normalized spacial score (nSPS) is 11.0. The Morgan fingerprint density at radius 2 is 1.75 bits per heavy atom. The highest BCUT2D eigenvalue weighted by atomic mass is 16.6. The van der Waals surface area contributed by atoms with Crippen molar-refractivity contribution in [1.29, 1.82) is 0 Å². The van der Waals surface area contributed by atoms with Crippen LogP contribution in [0.1, 0.15) is 24.0 Å². The van der Waals surface area contributed by atoms with E-state index in [9.17, 15) is 25.0 Å². The smallest absolute Gasteiger partial charge is 0.305 e. The number of non-ortho nitro benzene ring substituents is 1. The molecule has 0 unspecified atom stereocenters. The van der Waals surface area contributed by atoms with Crippen LogP contribution in [-0.2, 0) is 9.53 Å². The van der Waals surface area contributed by atoms with E-state index in [1.54, 1.807) is 0 Å². The lowest BCUT2D eigenvalue weighted by Gasteiger charge is -2.09. The van der Waals surface area contributed by atoms with E-state index in [2.05, 4.69) is 15.3 Å². The maximum atomic E-state index is 11.5. The highest BCUT2D eigenvalue weighted by molar-refractivity contribution is 6.02. The van der Waals surface area contributed by atoms with Gasteiger partial charge in [-0.3, -0.25) is 30.4 Å². The molecule has 10 nitrogen and oxygen atoms in total. The number of hydrogen-bond acceptors (Lipinski definition) is 8. The van der Waals surface area contributed by atoms with Crippen LogP contribution in [-0.4, -0.2) is 28.6 Å². The fourth-order valence-corrected chi connectivity index (χ4v) is 2.34. The molecular weight excluding hydrogens is 368 g/mol. The number of ether oxygens (including phenoxy) is 1. The largest absolute Gasteiger partial charge is 0.469 e. The number of hydrazone groups is 1. The SMILES string of the molecule is COC(=O)CC/C(=N\Nc1ccc([N+](=O)[O-])cc1[N+](=O)[O-])c1ccc(C)cc1. The van der Waals surface area contributed by atoms with Crippen LogP contribution in [0.15, 0.2) is 47.6 Å². The summed E-state index contributed by atoms with van der Waals surface area (Å²) in [6, 6.07) is 10.6. The highest BCUT2D eigenvalue weighted by Gasteiger charge is 2.19. The van der Waals surface area contributed by atoms with Gasteiger partial charge in [0.2, 0.25) is 0 Å². The fraction of sp³-hybridized carbons (Fsp3) is 0.222. The van der Waals surface area contributed by atoms with Crippen LogP contribution in [0.25, 0.3) is 0 Å². The first-order chi connectivity index (χ1) is 13.3. The third-order valence-electron chi connectivity index (χ3n) is 3.88. The Bertz CT molecular complexity index is 924. The average molecular weight is 386 g/mol. The van der Waals surface area contributed by atoms with E-state index in [1.807, 2.05) is 31.2 Å². The minimum atomic E-state index is -0.731. The van der Waals surface area contributed by atoms with Gasteiger partial charge in [-0.05, 0) is 18.6 Å². The summed E-state index contributed by atoms with van der Waals surface area (Å²) < 4.78 is 4.64. The van der Waals surface area contributed by atoms with Crippen molar-refractivity contribution < 1.29 is 19.4 Å². The van der Waals surface area contributed by atoms with Gasteiger partial charge in [-0.2, -0.15) is 5.10 Å². The molecule has 0 saturated carbocycles. The number of carbonyl (C=O) groups excluding carboxylic acids is 1. The van der Waals surface area contributed by atoms with Crippen LogP contribution < -0.4 is 5.43 Å². The molecule has 0 atom stereocenters. The second-order valence-corrected chi connectivity index (χ2v) is 5.83. The van der Waals surface area contributed by atoms with Crippen LogP contribution in [0.4, 0.5) is 17.1 Å². The van der Waals surface area contributed by atoms with Crippen LogP contribution in [0, 0.1) is 27.2 Å². The molecule has 10 heteroatoms. The predicted octanol–water partition coefficient (Wildman–Crippen LogP) is 3.58. The van der Waals surface area contributed by atoms with Gasteiger partial charge in [0.25, 0.3) is 5.69 Å². The summed E-state index contributed by atoms with van der Waals surface area (Å²) in [5.74, 6) is -0.416. The van der Waals surface area contributed by atoms with Gasteiger partial charge in [0.1, 0.15) is 5.69 Å². The molecule has 0 aliphatic rings. The number of esters is 1. The van der Waals surface area contributed by atoms with E-state index >= 15 is 0 Å². The molecule has 0 aliphatic carbocycles. The lowest BCUT2D eigenvalue weighted by atomic mass is 10.0. The molecule has 0 aliphatic heterocycles. The number of anilines is 1. The second-order valence-electron chi connectivity index (χ2n) is 5.83. The Hall–Kier alpha value is -3.82. The van der Waals surface area contributed by atoms with Crippen molar-refractivity contribution in [3.63, 3.8) is 0 Å². The van der Waals surface area contributed by atoms with Crippen LogP contribution in [0.2, 0.25) is 0 Å². The summed E-state index contributed by atoms with van der Waals surface area (Å²) in [4.78, 5) is 32.1. The minimum absolute atomic E-state index is 0.00159. The molecule has 2 rings (SSSR count). The summed E-state index contributed by atoms with van der Waals surface area (Å²) in [6.45, 7) is 1.92. The monoisotopic (exact) mass is 386 g/mol. The number of benzene rings is 2. The van der Waals surface area contributed by atoms with Crippen molar-refractivity contribution in [1.82, 2.24) is 0 Å².